The molecule has 0 saturated heterocycles. The van der Waals surface area contributed by atoms with Crippen LogP contribution in [0.25, 0.3) is 0 Å². The Morgan fingerprint density at radius 2 is 1.57 bits per heavy atom. The lowest BCUT2D eigenvalue weighted by atomic mass is 10.2. The van der Waals surface area contributed by atoms with Crippen LogP contribution in [0.3, 0.4) is 0 Å². The number of ether oxygens (including phenoxy) is 3. The zero-order valence-corrected chi connectivity index (χ0v) is 12.9. The summed E-state index contributed by atoms with van der Waals surface area (Å²) in [5.74, 6) is 0.403. The average Bonchev–Trinajstić information content (AvgIpc) is 2.50. The number of rotatable bonds is 4. The van der Waals surface area contributed by atoms with Crippen molar-refractivity contribution in [1.82, 2.24) is 0 Å². The highest BCUT2D eigenvalue weighted by molar-refractivity contribution is 6.42. The molecule has 21 heavy (non-hydrogen) atoms. The molecule has 0 saturated carbocycles. The summed E-state index contributed by atoms with van der Waals surface area (Å²) in [5.41, 5.74) is 0.275. The first kappa shape index (κ1) is 15.5. The Morgan fingerprint density at radius 1 is 0.952 bits per heavy atom. The maximum Gasteiger partial charge on any atom is 0.343 e. The quantitative estimate of drug-likeness (QED) is 0.623. The predicted octanol–water partition coefficient (Wildman–Crippen LogP) is 4.23. The molecule has 0 aromatic heterocycles. The molecule has 2 rings (SSSR count). The minimum atomic E-state index is -0.587. The molecule has 0 atom stereocenters. The Morgan fingerprint density at radius 3 is 2.10 bits per heavy atom. The third-order valence-corrected chi connectivity index (χ3v) is 3.47. The van der Waals surface area contributed by atoms with E-state index >= 15 is 0 Å². The number of hydrogen-bond donors (Lipinski definition) is 0. The number of benzene rings is 2. The molecule has 6 heteroatoms. The summed E-state index contributed by atoms with van der Waals surface area (Å²) in [6.07, 6.45) is 0. The van der Waals surface area contributed by atoms with Crippen LogP contribution in [0.1, 0.15) is 10.4 Å². The fraction of sp³-hybridized carbons (Fsp3) is 0.133. The first-order valence-corrected chi connectivity index (χ1v) is 6.70. The second-order valence-corrected chi connectivity index (χ2v) is 4.82. The summed E-state index contributed by atoms with van der Waals surface area (Å²) in [4.78, 5) is 12.2. The molecule has 0 spiro atoms. The molecule has 0 bridgehead atoms. The van der Waals surface area contributed by atoms with Gasteiger partial charge in [-0.2, -0.15) is 0 Å². The molecule has 110 valence electrons. The van der Waals surface area contributed by atoms with Gasteiger partial charge in [-0.1, -0.05) is 29.3 Å². The SMILES string of the molecule is COc1cccc(OC)c1OC(=O)c1ccc(Cl)c(Cl)c1. The Hall–Kier alpha value is -1.91. The van der Waals surface area contributed by atoms with Crippen LogP contribution >= 0.6 is 23.2 Å². The van der Waals surface area contributed by atoms with Crippen LogP contribution in [0.2, 0.25) is 10.0 Å². The Bertz CT molecular complexity index is 648. The van der Waals surface area contributed by atoms with E-state index in [0.717, 1.165) is 0 Å². The summed E-state index contributed by atoms with van der Waals surface area (Å²) in [7, 11) is 2.95. The van der Waals surface area contributed by atoms with Crippen LogP contribution in [-0.4, -0.2) is 20.2 Å². The third kappa shape index (κ3) is 3.40. The molecule has 0 N–H and O–H groups in total. The van der Waals surface area contributed by atoms with Gasteiger partial charge in [0.05, 0.1) is 29.8 Å². The van der Waals surface area contributed by atoms with Crippen molar-refractivity contribution < 1.29 is 19.0 Å². The lowest BCUT2D eigenvalue weighted by Gasteiger charge is -2.12. The van der Waals surface area contributed by atoms with E-state index in [0.29, 0.717) is 16.5 Å². The monoisotopic (exact) mass is 326 g/mol. The summed E-state index contributed by atoms with van der Waals surface area (Å²) in [6.45, 7) is 0. The zero-order chi connectivity index (χ0) is 15.4. The summed E-state index contributed by atoms with van der Waals surface area (Å²) < 4.78 is 15.7. The van der Waals surface area contributed by atoms with Crippen molar-refractivity contribution in [3.05, 3.63) is 52.0 Å². The van der Waals surface area contributed by atoms with E-state index in [2.05, 4.69) is 0 Å². The lowest BCUT2D eigenvalue weighted by molar-refractivity contribution is 0.0724. The zero-order valence-electron chi connectivity index (χ0n) is 11.4. The number of carbonyl (C=O) groups excluding carboxylic acids is 1. The molecular formula is C15H12Cl2O4. The summed E-state index contributed by atoms with van der Waals surface area (Å²) in [5, 5.41) is 0.640. The van der Waals surface area contributed by atoms with Crippen LogP contribution in [0.5, 0.6) is 17.2 Å². The van der Waals surface area contributed by atoms with E-state index in [1.54, 1.807) is 18.2 Å². The second kappa shape index (κ2) is 6.70. The minimum Gasteiger partial charge on any atom is -0.493 e. The third-order valence-electron chi connectivity index (χ3n) is 2.73. The summed E-state index contributed by atoms with van der Waals surface area (Å²) in [6, 6.07) is 9.56. The average molecular weight is 327 g/mol. The lowest BCUT2D eigenvalue weighted by Crippen LogP contribution is -2.10. The highest BCUT2D eigenvalue weighted by Crippen LogP contribution is 2.37. The number of carbonyl (C=O) groups is 1. The maximum absolute atomic E-state index is 12.2. The molecule has 0 aliphatic rings. The van der Waals surface area contributed by atoms with Gasteiger partial charge in [0.1, 0.15) is 0 Å². The maximum atomic E-state index is 12.2. The van der Waals surface area contributed by atoms with Gasteiger partial charge >= 0.3 is 5.97 Å². The summed E-state index contributed by atoms with van der Waals surface area (Å²) >= 11 is 11.7. The number of methoxy groups -OCH3 is 2. The highest BCUT2D eigenvalue weighted by Gasteiger charge is 2.17. The van der Waals surface area contributed by atoms with Crippen LogP contribution < -0.4 is 14.2 Å². The molecule has 0 aliphatic carbocycles. The Balaban J connectivity index is 2.33. The molecule has 4 nitrogen and oxygen atoms in total. The normalized spacial score (nSPS) is 10.1. The molecule has 0 amide bonds. The first-order chi connectivity index (χ1) is 10.1. The standard InChI is InChI=1S/C15H12Cl2O4/c1-19-12-4-3-5-13(20-2)14(12)21-15(18)9-6-7-10(16)11(17)8-9/h3-8H,1-2H3. The van der Waals surface area contributed by atoms with E-state index in [1.165, 1.54) is 32.4 Å². The van der Waals surface area contributed by atoms with Crippen molar-refractivity contribution in [3.63, 3.8) is 0 Å². The molecule has 0 radical (unpaired) electrons. The van der Waals surface area contributed by atoms with E-state index in [4.69, 9.17) is 37.4 Å². The molecule has 2 aromatic carbocycles. The van der Waals surface area contributed by atoms with Gasteiger partial charge in [0, 0.05) is 0 Å². The fourth-order valence-electron chi connectivity index (χ4n) is 1.69. The van der Waals surface area contributed by atoms with Crippen molar-refractivity contribution >= 4 is 29.2 Å². The molecular weight excluding hydrogens is 315 g/mol. The van der Waals surface area contributed by atoms with Crippen molar-refractivity contribution in [3.8, 4) is 17.2 Å². The van der Waals surface area contributed by atoms with Crippen molar-refractivity contribution in [1.29, 1.82) is 0 Å². The Kier molecular flexibility index (Phi) is 4.94. The van der Waals surface area contributed by atoms with E-state index < -0.39 is 5.97 Å². The topological polar surface area (TPSA) is 44.8 Å². The van der Waals surface area contributed by atoms with Crippen molar-refractivity contribution in [2.45, 2.75) is 0 Å². The number of para-hydroxylation sites is 1. The fourth-order valence-corrected chi connectivity index (χ4v) is 1.99. The highest BCUT2D eigenvalue weighted by atomic mass is 35.5. The van der Waals surface area contributed by atoms with Gasteiger partial charge in [0.15, 0.2) is 11.5 Å². The molecule has 0 unspecified atom stereocenters. The Labute approximate surface area is 132 Å². The van der Waals surface area contributed by atoms with Gasteiger partial charge in [-0.3, -0.25) is 0 Å². The molecule has 0 aliphatic heterocycles. The van der Waals surface area contributed by atoms with Gasteiger partial charge in [0.2, 0.25) is 5.75 Å². The number of hydrogen-bond acceptors (Lipinski definition) is 4. The molecule has 0 heterocycles. The van der Waals surface area contributed by atoms with Crippen molar-refractivity contribution in [2.24, 2.45) is 0 Å². The van der Waals surface area contributed by atoms with Crippen LogP contribution in [-0.2, 0) is 0 Å². The first-order valence-electron chi connectivity index (χ1n) is 5.95. The van der Waals surface area contributed by atoms with Gasteiger partial charge in [-0.05, 0) is 30.3 Å². The largest absolute Gasteiger partial charge is 0.493 e. The van der Waals surface area contributed by atoms with Crippen LogP contribution in [0, 0.1) is 0 Å². The number of esters is 1. The molecule has 2 aromatic rings. The minimum absolute atomic E-state index is 0.207. The van der Waals surface area contributed by atoms with Gasteiger partial charge in [-0.25, -0.2) is 4.79 Å². The van der Waals surface area contributed by atoms with Gasteiger partial charge in [-0.15, -0.1) is 0 Å². The molecule has 0 fully saturated rings. The number of halogens is 2. The smallest absolute Gasteiger partial charge is 0.343 e. The van der Waals surface area contributed by atoms with E-state index in [-0.39, 0.29) is 16.3 Å². The van der Waals surface area contributed by atoms with E-state index in [1.807, 2.05) is 0 Å². The predicted molar refractivity (Wildman–Crippen MR) is 81.0 cm³/mol. The van der Waals surface area contributed by atoms with Gasteiger partial charge in [0.25, 0.3) is 0 Å². The van der Waals surface area contributed by atoms with Crippen molar-refractivity contribution in [2.75, 3.05) is 14.2 Å². The van der Waals surface area contributed by atoms with Crippen LogP contribution in [0.15, 0.2) is 36.4 Å². The van der Waals surface area contributed by atoms with E-state index in [9.17, 15) is 4.79 Å². The van der Waals surface area contributed by atoms with Crippen LogP contribution in [0.4, 0.5) is 0 Å². The van der Waals surface area contributed by atoms with Gasteiger partial charge < -0.3 is 14.2 Å². The second-order valence-electron chi connectivity index (χ2n) is 4.01.